The van der Waals surface area contributed by atoms with Crippen LogP contribution in [0.3, 0.4) is 0 Å². The van der Waals surface area contributed by atoms with Crippen LogP contribution in [0.5, 0.6) is 0 Å². The molecule has 1 aliphatic rings. The largest absolute Gasteiger partial charge is 0.394 e. The van der Waals surface area contributed by atoms with Crippen LogP contribution in [-0.4, -0.2) is 46.7 Å². The van der Waals surface area contributed by atoms with Gasteiger partial charge in [0.1, 0.15) is 0 Å². The summed E-state index contributed by atoms with van der Waals surface area (Å²) < 4.78 is 0. The molecule has 0 saturated heterocycles. The summed E-state index contributed by atoms with van der Waals surface area (Å²) >= 11 is 0. The minimum atomic E-state index is -0.908. The molecule has 0 radical (unpaired) electrons. The van der Waals surface area contributed by atoms with Crippen molar-refractivity contribution >= 4 is 0 Å². The molecule has 0 unspecified atom stereocenters. The fourth-order valence-corrected chi connectivity index (χ4v) is 2.14. The van der Waals surface area contributed by atoms with Crippen molar-refractivity contribution in [2.75, 3.05) is 19.8 Å². The zero-order chi connectivity index (χ0) is 11.1. The van der Waals surface area contributed by atoms with E-state index in [1.165, 1.54) is 25.7 Å². The fourth-order valence-electron chi connectivity index (χ4n) is 2.14. The molecule has 0 amide bonds. The molecule has 1 saturated carbocycles. The highest BCUT2D eigenvalue weighted by Crippen LogP contribution is 2.19. The summed E-state index contributed by atoms with van der Waals surface area (Å²) in [7, 11) is 0. The molecule has 4 nitrogen and oxygen atoms in total. The van der Waals surface area contributed by atoms with Gasteiger partial charge in [0.15, 0.2) is 0 Å². The SMILES string of the molecule is OCC(CO)(CO)NC1CCCCCC1. The summed E-state index contributed by atoms with van der Waals surface area (Å²) in [5.74, 6) is 0. The number of aliphatic hydroxyl groups excluding tert-OH is 3. The maximum Gasteiger partial charge on any atom is 0.0883 e. The first-order valence-electron chi connectivity index (χ1n) is 5.86. The van der Waals surface area contributed by atoms with Gasteiger partial charge in [0.05, 0.1) is 25.4 Å². The van der Waals surface area contributed by atoms with Crippen molar-refractivity contribution in [3.05, 3.63) is 0 Å². The highest BCUT2D eigenvalue weighted by atomic mass is 16.3. The third-order valence-corrected chi connectivity index (χ3v) is 3.27. The molecule has 0 aromatic carbocycles. The number of rotatable bonds is 5. The smallest absolute Gasteiger partial charge is 0.0883 e. The van der Waals surface area contributed by atoms with E-state index >= 15 is 0 Å². The Morgan fingerprint density at radius 1 is 0.867 bits per heavy atom. The standard InChI is InChI=1S/C11H23NO3/c13-7-11(8-14,9-15)12-10-5-3-1-2-4-6-10/h10,12-15H,1-9H2. The number of hydrogen-bond donors (Lipinski definition) is 4. The predicted molar refractivity (Wildman–Crippen MR) is 58.6 cm³/mol. The molecule has 0 aliphatic heterocycles. The van der Waals surface area contributed by atoms with Gasteiger partial charge < -0.3 is 20.6 Å². The second kappa shape index (κ2) is 6.43. The predicted octanol–water partition coefficient (Wildman–Crippen LogP) is 0.0145. The van der Waals surface area contributed by atoms with E-state index in [4.69, 9.17) is 0 Å². The van der Waals surface area contributed by atoms with Crippen molar-refractivity contribution in [2.24, 2.45) is 0 Å². The zero-order valence-electron chi connectivity index (χ0n) is 9.28. The summed E-state index contributed by atoms with van der Waals surface area (Å²) in [6, 6.07) is 0.318. The Hall–Kier alpha value is -0.160. The van der Waals surface area contributed by atoms with Crippen LogP contribution in [0.2, 0.25) is 0 Å². The van der Waals surface area contributed by atoms with Crippen LogP contribution in [-0.2, 0) is 0 Å². The first-order chi connectivity index (χ1) is 7.26. The number of nitrogens with one attached hydrogen (secondary N) is 1. The van der Waals surface area contributed by atoms with Gasteiger partial charge in [-0.1, -0.05) is 25.7 Å². The molecule has 0 bridgehead atoms. The molecule has 1 aliphatic carbocycles. The van der Waals surface area contributed by atoms with E-state index in [2.05, 4.69) is 5.32 Å². The van der Waals surface area contributed by atoms with E-state index in [0.717, 1.165) is 12.8 Å². The van der Waals surface area contributed by atoms with Crippen molar-refractivity contribution < 1.29 is 15.3 Å². The second-order valence-corrected chi connectivity index (χ2v) is 4.59. The molecule has 1 fully saturated rings. The lowest BCUT2D eigenvalue weighted by atomic mass is 9.99. The Labute approximate surface area is 91.3 Å². The number of aliphatic hydroxyl groups is 3. The second-order valence-electron chi connectivity index (χ2n) is 4.59. The van der Waals surface area contributed by atoms with Gasteiger partial charge in [0.25, 0.3) is 0 Å². The molecule has 0 atom stereocenters. The van der Waals surface area contributed by atoms with Crippen LogP contribution in [0.4, 0.5) is 0 Å². The molecule has 0 spiro atoms. The molecule has 1 rings (SSSR count). The van der Waals surface area contributed by atoms with E-state index in [9.17, 15) is 15.3 Å². The van der Waals surface area contributed by atoms with Gasteiger partial charge in [-0.25, -0.2) is 0 Å². The Balaban J connectivity index is 2.48. The lowest BCUT2D eigenvalue weighted by molar-refractivity contribution is 0.0327. The quantitative estimate of drug-likeness (QED) is 0.490. The lowest BCUT2D eigenvalue weighted by Gasteiger charge is -2.33. The molecular weight excluding hydrogens is 194 g/mol. The van der Waals surface area contributed by atoms with E-state index in [0.29, 0.717) is 6.04 Å². The summed E-state index contributed by atoms with van der Waals surface area (Å²) in [5, 5.41) is 30.8. The van der Waals surface area contributed by atoms with E-state index in [1.807, 2.05) is 0 Å². The Morgan fingerprint density at radius 3 is 1.73 bits per heavy atom. The van der Waals surface area contributed by atoms with Gasteiger partial charge in [-0.2, -0.15) is 0 Å². The maximum atomic E-state index is 9.19. The summed E-state index contributed by atoms with van der Waals surface area (Å²) in [6.07, 6.45) is 7.06. The minimum absolute atomic E-state index is 0.226. The molecule has 90 valence electrons. The van der Waals surface area contributed by atoms with Crippen LogP contribution in [0.25, 0.3) is 0 Å². The van der Waals surface area contributed by atoms with Crippen LogP contribution in [0, 0.1) is 0 Å². The molecule has 4 heteroatoms. The van der Waals surface area contributed by atoms with E-state index < -0.39 is 5.54 Å². The fraction of sp³-hybridized carbons (Fsp3) is 1.00. The molecule has 0 heterocycles. The summed E-state index contributed by atoms with van der Waals surface area (Å²) in [5.41, 5.74) is -0.908. The monoisotopic (exact) mass is 217 g/mol. The maximum absolute atomic E-state index is 9.19. The average Bonchev–Trinajstić information content (AvgIpc) is 2.54. The summed E-state index contributed by atoms with van der Waals surface area (Å²) in [6.45, 7) is -0.677. The Kier molecular flexibility index (Phi) is 5.53. The number of hydrogen-bond acceptors (Lipinski definition) is 4. The van der Waals surface area contributed by atoms with E-state index in [1.54, 1.807) is 0 Å². The molecular formula is C11H23NO3. The van der Waals surface area contributed by atoms with Crippen molar-refractivity contribution in [2.45, 2.75) is 50.1 Å². The first kappa shape index (κ1) is 12.9. The highest BCUT2D eigenvalue weighted by Gasteiger charge is 2.30. The van der Waals surface area contributed by atoms with Crippen LogP contribution >= 0.6 is 0 Å². The third-order valence-electron chi connectivity index (χ3n) is 3.27. The highest BCUT2D eigenvalue weighted by molar-refractivity contribution is 4.90. The van der Waals surface area contributed by atoms with Gasteiger partial charge in [-0.3, -0.25) is 0 Å². The zero-order valence-corrected chi connectivity index (χ0v) is 9.28. The average molecular weight is 217 g/mol. The Morgan fingerprint density at radius 2 is 1.33 bits per heavy atom. The van der Waals surface area contributed by atoms with Crippen molar-refractivity contribution in [1.29, 1.82) is 0 Å². The third kappa shape index (κ3) is 3.72. The van der Waals surface area contributed by atoms with Crippen LogP contribution < -0.4 is 5.32 Å². The van der Waals surface area contributed by atoms with E-state index in [-0.39, 0.29) is 19.8 Å². The van der Waals surface area contributed by atoms with Gasteiger partial charge in [-0.15, -0.1) is 0 Å². The van der Waals surface area contributed by atoms with Crippen molar-refractivity contribution in [1.82, 2.24) is 5.32 Å². The van der Waals surface area contributed by atoms with Crippen LogP contribution in [0.1, 0.15) is 38.5 Å². The van der Waals surface area contributed by atoms with Gasteiger partial charge in [0.2, 0.25) is 0 Å². The van der Waals surface area contributed by atoms with Gasteiger partial charge in [0, 0.05) is 6.04 Å². The molecule has 0 aromatic heterocycles. The lowest BCUT2D eigenvalue weighted by Crippen LogP contribution is -2.58. The minimum Gasteiger partial charge on any atom is -0.394 e. The van der Waals surface area contributed by atoms with Gasteiger partial charge in [-0.05, 0) is 12.8 Å². The molecule has 0 aromatic rings. The Bertz CT molecular complexity index is 155. The van der Waals surface area contributed by atoms with Crippen molar-refractivity contribution in [3.8, 4) is 0 Å². The first-order valence-corrected chi connectivity index (χ1v) is 5.86. The van der Waals surface area contributed by atoms with Crippen LogP contribution in [0.15, 0.2) is 0 Å². The van der Waals surface area contributed by atoms with Gasteiger partial charge >= 0.3 is 0 Å². The molecule has 4 N–H and O–H groups in total. The normalized spacial score (nSPS) is 20.2. The topological polar surface area (TPSA) is 72.7 Å². The summed E-state index contributed by atoms with van der Waals surface area (Å²) in [4.78, 5) is 0. The molecule has 15 heavy (non-hydrogen) atoms. The van der Waals surface area contributed by atoms with Crippen molar-refractivity contribution in [3.63, 3.8) is 0 Å².